The molecule has 3 aliphatic rings. The number of nitrogens with one attached hydrogen (secondary N) is 2. The standard InChI is InChI=1S/C26H29ClF4N6O3/c27-18-13-16(28)1-2-19(18)37-8-7-25(24(37)40)5-3-17(4-6-25)34-22(38)20-21(33-15-32-20)23(39)36-11-9-35(10-12-36)14-26(29,30)31/h1-2,13,15,17H,3-12,14H2,(H,32,33)(H,34,38)/t17-,25-. The summed E-state index contributed by atoms with van der Waals surface area (Å²) in [5, 5.41) is 3.11. The number of carbonyl (C=O) groups is 3. The van der Waals surface area contributed by atoms with Gasteiger partial charge in [-0.3, -0.25) is 19.3 Å². The van der Waals surface area contributed by atoms with Gasteiger partial charge in [-0.15, -0.1) is 0 Å². The van der Waals surface area contributed by atoms with Gasteiger partial charge in [0.2, 0.25) is 5.91 Å². The van der Waals surface area contributed by atoms with Crippen LogP contribution >= 0.6 is 11.6 Å². The molecule has 0 bridgehead atoms. The van der Waals surface area contributed by atoms with Crippen molar-refractivity contribution in [3.8, 4) is 0 Å². The van der Waals surface area contributed by atoms with Crippen LogP contribution in [-0.2, 0) is 4.79 Å². The number of H-pyrrole nitrogens is 1. The van der Waals surface area contributed by atoms with E-state index >= 15 is 0 Å². The van der Waals surface area contributed by atoms with Crippen LogP contribution < -0.4 is 10.2 Å². The Kier molecular flexibility index (Phi) is 7.79. The first kappa shape index (κ1) is 28.3. The number of amides is 3. The highest BCUT2D eigenvalue weighted by molar-refractivity contribution is 6.34. The number of hydrogen-bond acceptors (Lipinski definition) is 5. The van der Waals surface area contributed by atoms with Crippen LogP contribution in [-0.4, -0.2) is 89.0 Å². The van der Waals surface area contributed by atoms with Gasteiger partial charge in [-0.2, -0.15) is 13.2 Å². The van der Waals surface area contributed by atoms with Crippen LogP contribution in [0.5, 0.6) is 0 Å². The molecule has 40 heavy (non-hydrogen) atoms. The number of halogens is 5. The van der Waals surface area contributed by atoms with E-state index in [9.17, 15) is 31.9 Å². The highest BCUT2D eigenvalue weighted by Crippen LogP contribution is 2.47. The minimum Gasteiger partial charge on any atom is -0.348 e. The van der Waals surface area contributed by atoms with Gasteiger partial charge >= 0.3 is 6.18 Å². The lowest BCUT2D eigenvalue weighted by Crippen LogP contribution is -2.51. The maximum absolute atomic E-state index is 13.5. The van der Waals surface area contributed by atoms with Gasteiger partial charge in [-0.25, -0.2) is 9.37 Å². The molecule has 1 aliphatic carbocycles. The third kappa shape index (κ3) is 5.80. The Hall–Kier alpha value is -3.19. The first-order valence-electron chi connectivity index (χ1n) is 13.2. The zero-order chi connectivity index (χ0) is 28.7. The number of nitrogens with zero attached hydrogens (tertiary/aromatic N) is 4. The van der Waals surface area contributed by atoms with Crippen LogP contribution in [0.25, 0.3) is 0 Å². The number of alkyl halides is 3. The van der Waals surface area contributed by atoms with Gasteiger partial charge in [0.1, 0.15) is 11.5 Å². The number of anilines is 1. The topological polar surface area (TPSA) is 102 Å². The molecule has 9 nitrogen and oxygen atoms in total. The van der Waals surface area contributed by atoms with Crippen molar-refractivity contribution in [2.24, 2.45) is 5.41 Å². The van der Waals surface area contributed by atoms with Crippen molar-refractivity contribution in [3.63, 3.8) is 0 Å². The molecule has 0 unspecified atom stereocenters. The van der Waals surface area contributed by atoms with E-state index in [2.05, 4.69) is 15.3 Å². The third-order valence-corrected chi connectivity index (χ3v) is 8.43. The van der Waals surface area contributed by atoms with Gasteiger partial charge < -0.3 is 20.1 Å². The van der Waals surface area contributed by atoms with Crippen LogP contribution in [0.2, 0.25) is 5.02 Å². The second-order valence-corrected chi connectivity index (χ2v) is 11.0. The lowest BCUT2D eigenvalue weighted by molar-refractivity contribution is -0.148. The summed E-state index contributed by atoms with van der Waals surface area (Å²) in [7, 11) is 0. The molecule has 2 aromatic rings. The van der Waals surface area contributed by atoms with E-state index < -0.39 is 35.8 Å². The van der Waals surface area contributed by atoms with Crippen molar-refractivity contribution in [2.75, 3.05) is 44.2 Å². The average molecular weight is 585 g/mol. The molecule has 1 aromatic carbocycles. The molecule has 0 atom stereocenters. The van der Waals surface area contributed by atoms with Crippen LogP contribution in [0.3, 0.4) is 0 Å². The number of aromatic nitrogens is 2. The summed E-state index contributed by atoms with van der Waals surface area (Å²) in [6, 6.07) is 3.75. The predicted molar refractivity (Wildman–Crippen MR) is 138 cm³/mol. The minimum atomic E-state index is -4.31. The SMILES string of the molecule is O=C(N[C@H]1CC[C@@]2(CCN(c3ccc(F)cc3Cl)C2=O)CC1)c1[nH]cnc1C(=O)N1CCN(CC(F)(F)F)CC1. The molecule has 1 aromatic heterocycles. The molecular weight excluding hydrogens is 556 g/mol. The summed E-state index contributed by atoms with van der Waals surface area (Å²) in [6.07, 6.45) is -0.201. The molecule has 3 heterocycles. The number of hydrogen-bond donors (Lipinski definition) is 2. The van der Waals surface area contributed by atoms with Gasteiger partial charge in [-0.1, -0.05) is 11.6 Å². The van der Waals surface area contributed by atoms with E-state index in [1.165, 1.54) is 34.3 Å². The molecule has 2 aliphatic heterocycles. The summed E-state index contributed by atoms with van der Waals surface area (Å²) in [6.45, 7) is -0.207. The van der Waals surface area contributed by atoms with Gasteiger partial charge in [0, 0.05) is 38.8 Å². The van der Waals surface area contributed by atoms with Crippen molar-refractivity contribution < 1.29 is 31.9 Å². The monoisotopic (exact) mass is 584 g/mol. The summed E-state index contributed by atoms with van der Waals surface area (Å²) in [5.74, 6) is -1.55. The molecule has 14 heteroatoms. The number of rotatable bonds is 5. The smallest absolute Gasteiger partial charge is 0.348 e. The fourth-order valence-corrected chi connectivity index (χ4v) is 6.20. The highest BCUT2D eigenvalue weighted by Gasteiger charge is 2.49. The predicted octanol–water partition coefficient (Wildman–Crippen LogP) is 3.62. The minimum absolute atomic E-state index is 0.00271. The number of aromatic amines is 1. The van der Waals surface area contributed by atoms with E-state index in [0.717, 1.165) is 0 Å². The van der Waals surface area contributed by atoms with E-state index in [0.29, 0.717) is 44.3 Å². The number of imidazole rings is 1. The molecule has 2 saturated heterocycles. The van der Waals surface area contributed by atoms with Gasteiger partial charge in [0.05, 0.1) is 29.0 Å². The van der Waals surface area contributed by atoms with E-state index in [-0.39, 0.29) is 54.5 Å². The first-order valence-corrected chi connectivity index (χ1v) is 13.5. The first-order chi connectivity index (χ1) is 19.0. The summed E-state index contributed by atoms with van der Waals surface area (Å²) in [4.78, 5) is 50.4. The molecule has 1 spiro atoms. The molecule has 5 rings (SSSR count). The quantitative estimate of drug-likeness (QED) is 0.523. The summed E-state index contributed by atoms with van der Waals surface area (Å²) in [5.41, 5.74) is -0.162. The maximum atomic E-state index is 13.5. The number of carbonyl (C=O) groups excluding carboxylic acids is 3. The van der Waals surface area contributed by atoms with Gasteiger partial charge in [0.15, 0.2) is 5.69 Å². The molecule has 3 amide bonds. The van der Waals surface area contributed by atoms with Crippen molar-refractivity contribution in [1.82, 2.24) is 25.1 Å². The van der Waals surface area contributed by atoms with E-state index in [1.54, 1.807) is 4.90 Å². The van der Waals surface area contributed by atoms with E-state index in [1.807, 2.05) is 0 Å². The molecular formula is C26H29ClF4N6O3. The Morgan fingerprint density at radius 1 is 1.10 bits per heavy atom. The number of piperazine rings is 1. The van der Waals surface area contributed by atoms with Crippen LogP contribution in [0.1, 0.15) is 53.1 Å². The molecule has 0 radical (unpaired) electrons. The van der Waals surface area contributed by atoms with Crippen LogP contribution in [0.4, 0.5) is 23.2 Å². The zero-order valence-corrected chi connectivity index (χ0v) is 22.3. The van der Waals surface area contributed by atoms with Crippen molar-refractivity contribution in [3.05, 3.63) is 46.8 Å². The number of benzene rings is 1. The fraction of sp³-hybridized carbons (Fsp3) is 0.538. The van der Waals surface area contributed by atoms with Crippen molar-refractivity contribution >= 4 is 35.0 Å². The molecule has 3 fully saturated rings. The second-order valence-electron chi connectivity index (χ2n) is 10.6. The molecule has 1 saturated carbocycles. The Morgan fingerprint density at radius 2 is 1.80 bits per heavy atom. The summed E-state index contributed by atoms with van der Waals surface area (Å²) < 4.78 is 51.4. The fourth-order valence-electron chi connectivity index (χ4n) is 5.93. The Labute approximate surface area is 232 Å². The highest BCUT2D eigenvalue weighted by atomic mass is 35.5. The Balaban J connectivity index is 1.16. The Bertz CT molecular complexity index is 1290. The third-order valence-electron chi connectivity index (χ3n) is 8.12. The van der Waals surface area contributed by atoms with Crippen molar-refractivity contribution in [2.45, 2.75) is 44.3 Å². The normalized spacial score (nSPS) is 24.1. The zero-order valence-electron chi connectivity index (χ0n) is 21.6. The molecule has 216 valence electrons. The average Bonchev–Trinajstić information content (AvgIpc) is 3.51. The van der Waals surface area contributed by atoms with Crippen molar-refractivity contribution in [1.29, 1.82) is 0 Å². The summed E-state index contributed by atoms with van der Waals surface area (Å²) >= 11 is 6.19. The van der Waals surface area contributed by atoms with Crippen LogP contribution in [0.15, 0.2) is 24.5 Å². The van der Waals surface area contributed by atoms with E-state index in [4.69, 9.17) is 11.6 Å². The largest absolute Gasteiger partial charge is 0.401 e. The second kappa shape index (κ2) is 11.0. The Morgan fingerprint density at radius 3 is 2.45 bits per heavy atom. The van der Waals surface area contributed by atoms with Gasteiger partial charge in [-0.05, 0) is 50.3 Å². The lowest BCUT2D eigenvalue weighted by Gasteiger charge is -2.36. The lowest BCUT2D eigenvalue weighted by atomic mass is 9.71. The maximum Gasteiger partial charge on any atom is 0.401 e. The van der Waals surface area contributed by atoms with Crippen LogP contribution in [0, 0.1) is 11.2 Å². The van der Waals surface area contributed by atoms with Gasteiger partial charge in [0.25, 0.3) is 11.8 Å². The molecule has 2 N–H and O–H groups in total.